The molecule has 214 valence electrons. The number of piperazine rings is 1. The van der Waals surface area contributed by atoms with Gasteiger partial charge in [0.2, 0.25) is 5.95 Å². The van der Waals surface area contributed by atoms with E-state index in [4.69, 9.17) is 14.2 Å². The van der Waals surface area contributed by atoms with E-state index in [0.29, 0.717) is 37.6 Å². The molecule has 2 heterocycles. The van der Waals surface area contributed by atoms with Gasteiger partial charge in [-0.1, -0.05) is 0 Å². The Morgan fingerprint density at radius 2 is 1.60 bits per heavy atom. The Kier molecular flexibility index (Phi) is 8.50. The number of benzene rings is 2. The summed E-state index contributed by atoms with van der Waals surface area (Å²) in [6.45, 7) is 6.95. The van der Waals surface area contributed by atoms with Crippen molar-refractivity contribution in [1.29, 1.82) is 0 Å². The molecule has 1 saturated heterocycles. The summed E-state index contributed by atoms with van der Waals surface area (Å²) in [5.74, 6) is -5.26. The van der Waals surface area contributed by atoms with Crippen LogP contribution >= 0.6 is 0 Å². The molecule has 0 saturated carbocycles. The molecule has 1 fully saturated rings. The van der Waals surface area contributed by atoms with Crippen LogP contribution in [0.1, 0.15) is 26.3 Å². The highest BCUT2D eigenvalue weighted by atomic mass is 19.2. The van der Waals surface area contributed by atoms with Gasteiger partial charge >= 0.3 is 6.09 Å². The van der Waals surface area contributed by atoms with E-state index in [2.05, 4.69) is 20.2 Å². The highest BCUT2D eigenvalue weighted by Crippen LogP contribution is 2.33. The molecule has 0 aliphatic carbocycles. The van der Waals surface area contributed by atoms with E-state index in [1.54, 1.807) is 18.1 Å². The van der Waals surface area contributed by atoms with Gasteiger partial charge in [-0.3, -0.25) is 0 Å². The van der Waals surface area contributed by atoms with Crippen molar-refractivity contribution in [2.24, 2.45) is 0 Å². The smallest absolute Gasteiger partial charge is 0.410 e. The maximum atomic E-state index is 13.8. The zero-order valence-corrected chi connectivity index (χ0v) is 22.4. The molecule has 0 radical (unpaired) electrons. The maximum Gasteiger partial charge on any atom is 0.410 e. The van der Waals surface area contributed by atoms with Crippen LogP contribution in [-0.2, 0) is 11.3 Å². The van der Waals surface area contributed by atoms with Crippen LogP contribution in [-0.4, -0.2) is 59.9 Å². The molecule has 13 heteroatoms. The Morgan fingerprint density at radius 3 is 2.17 bits per heavy atom. The third kappa shape index (κ3) is 6.82. The first-order chi connectivity index (χ1) is 18.9. The lowest BCUT2D eigenvalue weighted by molar-refractivity contribution is 0.0240. The number of carbonyl (C=O) groups excluding carboxylic acids is 1. The van der Waals surface area contributed by atoms with Crippen LogP contribution in [0.4, 0.5) is 39.7 Å². The van der Waals surface area contributed by atoms with Gasteiger partial charge in [-0.2, -0.15) is 0 Å². The van der Waals surface area contributed by atoms with Gasteiger partial charge in [-0.25, -0.2) is 32.3 Å². The van der Waals surface area contributed by atoms with Crippen molar-refractivity contribution < 1.29 is 36.6 Å². The highest BCUT2D eigenvalue weighted by molar-refractivity contribution is 5.70. The van der Waals surface area contributed by atoms with Gasteiger partial charge in [0, 0.05) is 44.0 Å². The molecule has 1 aromatic heterocycles. The Morgan fingerprint density at radius 1 is 0.975 bits per heavy atom. The summed E-state index contributed by atoms with van der Waals surface area (Å²) < 4.78 is 70.7. The van der Waals surface area contributed by atoms with E-state index in [0.717, 1.165) is 5.69 Å². The largest absolute Gasteiger partial charge is 0.495 e. The van der Waals surface area contributed by atoms with Crippen molar-refractivity contribution in [3.8, 4) is 11.5 Å². The molecule has 0 bridgehead atoms. The van der Waals surface area contributed by atoms with Crippen molar-refractivity contribution in [2.75, 3.05) is 43.5 Å². The number of hydrogen-bond acceptors (Lipinski definition) is 8. The lowest BCUT2D eigenvalue weighted by atomic mass is 10.2. The van der Waals surface area contributed by atoms with E-state index in [9.17, 15) is 22.4 Å². The first-order valence-corrected chi connectivity index (χ1v) is 12.4. The van der Waals surface area contributed by atoms with E-state index >= 15 is 0 Å². The van der Waals surface area contributed by atoms with Gasteiger partial charge in [0.15, 0.2) is 29.0 Å². The van der Waals surface area contributed by atoms with Crippen LogP contribution < -0.4 is 19.7 Å². The fourth-order valence-electron chi connectivity index (χ4n) is 3.96. The molecule has 0 atom stereocenters. The highest BCUT2D eigenvalue weighted by Gasteiger charge is 2.27. The molecule has 1 N–H and O–H groups in total. The molecule has 0 unspecified atom stereocenters. The molecule has 1 amide bonds. The maximum absolute atomic E-state index is 13.8. The van der Waals surface area contributed by atoms with Crippen LogP contribution in [0.2, 0.25) is 0 Å². The van der Waals surface area contributed by atoms with Crippen molar-refractivity contribution in [3.63, 3.8) is 0 Å². The number of anilines is 3. The third-order valence-corrected chi connectivity index (χ3v) is 5.92. The van der Waals surface area contributed by atoms with Crippen LogP contribution in [0.5, 0.6) is 11.5 Å². The average molecular weight is 564 g/mol. The number of halogens is 4. The lowest BCUT2D eigenvalue weighted by Crippen LogP contribution is -2.50. The predicted octanol–water partition coefficient (Wildman–Crippen LogP) is 5.42. The van der Waals surface area contributed by atoms with Gasteiger partial charge in [0.25, 0.3) is 0 Å². The van der Waals surface area contributed by atoms with E-state index in [1.807, 2.05) is 32.9 Å². The number of nitrogens with one attached hydrogen (secondary N) is 1. The van der Waals surface area contributed by atoms with Crippen molar-refractivity contribution in [3.05, 3.63) is 65.5 Å². The Balaban J connectivity index is 1.36. The molecular weight excluding hydrogens is 534 g/mol. The Bertz CT molecular complexity index is 1330. The predicted molar refractivity (Wildman–Crippen MR) is 139 cm³/mol. The summed E-state index contributed by atoms with van der Waals surface area (Å²) in [7, 11) is 1.55. The zero-order chi connectivity index (χ0) is 29.0. The summed E-state index contributed by atoms with van der Waals surface area (Å²) in [5.41, 5.74) is 0.0497. The fraction of sp³-hybridized carbons (Fsp3) is 0.370. The number of hydrogen-bond donors (Lipinski definition) is 1. The van der Waals surface area contributed by atoms with Crippen LogP contribution in [0.25, 0.3) is 0 Å². The second-order valence-electron chi connectivity index (χ2n) is 9.94. The lowest BCUT2D eigenvalue weighted by Gasteiger charge is -2.37. The second-order valence-corrected chi connectivity index (χ2v) is 9.94. The molecule has 4 rings (SSSR count). The molecule has 1 aliphatic heterocycles. The number of methoxy groups -OCH3 is 1. The summed E-state index contributed by atoms with van der Waals surface area (Å²) in [6.07, 6.45) is 2.16. The summed E-state index contributed by atoms with van der Waals surface area (Å²) in [4.78, 5) is 24.3. The van der Waals surface area contributed by atoms with Gasteiger partial charge in [0.05, 0.1) is 30.8 Å². The minimum Gasteiger partial charge on any atom is -0.495 e. The SMILES string of the molecule is COc1cc(Nc2ncc(OCc3c(F)c(F)cc(F)c3F)cn2)ccc1N1CCN(C(=O)OC(C)(C)C)CC1. The molecule has 0 spiro atoms. The van der Waals surface area contributed by atoms with Crippen LogP contribution in [0.3, 0.4) is 0 Å². The monoisotopic (exact) mass is 563 g/mol. The number of carbonyl (C=O) groups is 1. The quantitative estimate of drug-likeness (QED) is 0.301. The van der Waals surface area contributed by atoms with Crippen molar-refractivity contribution in [2.45, 2.75) is 33.0 Å². The average Bonchev–Trinajstić information content (AvgIpc) is 2.92. The topological polar surface area (TPSA) is 89.0 Å². The van der Waals surface area contributed by atoms with Gasteiger partial charge in [-0.05, 0) is 32.9 Å². The summed E-state index contributed by atoms with van der Waals surface area (Å²) >= 11 is 0. The van der Waals surface area contributed by atoms with Gasteiger partial charge in [0.1, 0.15) is 18.0 Å². The zero-order valence-electron chi connectivity index (χ0n) is 22.4. The second kappa shape index (κ2) is 11.8. The molecule has 2 aromatic carbocycles. The number of aromatic nitrogens is 2. The fourth-order valence-corrected chi connectivity index (χ4v) is 3.96. The van der Waals surface area contributed by atoms with Crippen LogP contribution in [0, 0.1) is 23.3 Å². The number of ether oxygens (including phenoxy) is 3. The van der Waals surface area contributed by atoms with Gasteiger partial charge in [-0.15, -0.1) is 0 Å². The molecule has 3 aromatic rings. The summed E-state index contributed by atoms with van der Waals surface area (Å²) in [5, 5.41) is 3.02. The van der Waals surface area contributed by atoms with E-state index in [-0.39, 0.29) is 23.9 Å². The minimum absolute atomic E-state index is 0.0347. The first-order valence-electron chi connectivity index (χ1n) is 12.4. The third-order valence-electron chi connectivity index (χ3n) is 5.92. The molecule has 9 nitrogen and oxygen atoms in total. The number of amides is 1. The van der Waals surface area contributed by atoms with E-state index < -0.39 is 41.0 Å². The standard InChI is InChI=1S/C27H29F4N5O4/c1-27(2,3)40-26(37)36-9-7-35(8-10-36)21-6-5-16(11-22(21)38-4)34-25-32-13-17(14-33-25)39-15-18-23(30)19(28)12-20(29)24(18)31/h5-6,11-14H,7-10,15H2,1-4H3,(H,32,33,34). The van der Waals surface area contributed by atoms with Gasteiger partial charge < -0.3 is 29.3 Å². The molecule has 40 heavy (non-hydrogen) atoms. The number of nitrogens with zero attached hydrogens (tertiary/aromatic N) is 4. The normalized spacial score (nSPS) is 13.7. The minimum atomic E-state index is -1.53. The Hall–Kier alpha value is -4.29. The summed E-state index contributed by atoms with van der Waals surface area (Å²) in [6, 6.07) is 5.60. The number of rotatable bonds is 7. The van der Waals surface area contributed by atoms with Crippen molar-refractivity contribution >= 4 is 23.4 Å². The first kappa shape index (κ1) is 28.7. The molecular formula is C27H29F4N5O4. The molecule has 1 aliphatic rings. The van der Waals surface area contributed by atoms with E-state index in [1.165, 1.54) is 12.4 Å². The Labute approximate surface area is 228 Å². The van der Waals surface area contributed by atoms with Crippen molar-refractivity contribution in [1.82, 2.24) is 14.9 Å². The van der Waals surface area contributed by atoms with Crippen LogP contribution in [0.15, 0.2) is 36.7 Å².